The van der Waals surface area contributed by atoms with Crippen LogP contribution in [0.15, 0.2) is 24.3 Å². The Bertz CT molecular complexity index is 544. The summed E-state index contributed by atoms with van der Waals surface area (Å²) in [4.78, 5) is 11.8. The highest BCUT2D eigenvalue weighted by molar-refractivity contribution is 6.60. The van der Waals surface area contributed by atoms with Crippen molar-refractivity contribution in [3.63, 3.8) is 0 Å². The van der Waals surface area contributed by atoms with E-state index in [1.54, 1.807) is 52.0 Å². The maximum Gasteiger partial charge on any atom is 0.491 e. The number of nitrogens with one attached hydrogen (secondary N) is 2. The highest BCUT2D eigenvalue weighted by Gasteiger charge is 2.39. The van der Waals surface area contributed by atoms with Crippen molar-refractivity contribution in [2.24, 2.45) is 0 Å². The number of hydrogen-bond acceptors (Lipinski definition) is 4. The van der Waals surface area contributed by atoms with Crippen LogP contribution in [-0.4, -0.2) is 41.0 Å². The Kier molecular flexibility index (Phi) is 7.26. The Hall–Kier alpha value is -1.57. The fourth-order valence-electron chi connectivity index (χ4n) is 1.82. The van der Waals surface area contributed by atoms with Gasteiger partial charge in [0.2, 0.25) is 0 Å². The van der Waals surface area contributed by atoms with Crippen LogP contribution in [0.2, 0.25) is 0 Å². The molecule has 4 N–H and O–H groups in total. The molecule has 1 aromatic carbocycles. The molecule has 2 amide bonds. The summed E-state index contributed by atoms with van der Waals surface area (Å²) in [5, 5.41) is 25.9. The molecule has 0 aliphatic carbocycles. The molecule has 0 radical (unpaired) electrons. The number of benzene rings is 1. The van der Waals surface area contributed by atoms with Gasteiger partial charge in [0.05, 0.1) is 11.2 Å². The second-order valence-corrected chi connectivity index (χ2v) is 6.90. The van der Waals surface area contributed by atoms with Gasteiger partial charge >= 0.3 is 13.1 Å². The van der Waals surface area contributed by atoms with Crippen LogP contribution in [0, 0.1) is 0 Å². The van der Waals surface area contributed by atoms with Crippen molar-refractivity contribution in [2.75, 3.05) is 11.9 Å². The van der Waals surface area contributed by atoms with Gasteiger partial charge in [-0.2, -0.15) is 0 Å². The first-order valence-corrected chi connectivity index (χ1v) is 8.30. The Morgan fingerprint density at radius 3 is 2.54 bits per heavy atom. The number of anilines is 1. The molecule has 0 saturated carbocycles. The lowest BCUT2D eigenvalue weighted by Crippen LogP contribution is -2.53. The molecule has 6 nitrogen and oxygen atoms in total. The third kappa shape index (κ3) is 6.15. The molecule has 134 valence electrons. The van der Waals surface area contributed by atoms with Crippen LogP contribution >= 0.6 is 0 Å². The molecule has 0 heterocycles. The smallest absolute Gasteiger partial charge is 0.423 e. The van der Waals surface area contributed by atoms with Gasteiger partial charge in [-0.05, 0) is 51.7 Å². The molecular weight excluding hydrogens is 307 g/mol. The average Bonchev–Trinajstić information content (AvgIpc) is 2.46. The number of hydrogen-bond donors (Lipinski definition) is 4. The fourth-order valence-corrected chi connectivity index (χ4v) is 1.82. The van der Waals surface area contributed by atoms with Crippen molar-refractivity contribution >= 4 is 24.3 Å². The zero-order chi connectivity index (χ0) is 18.4. The van der Waals surface area contributed by atoms with Crippen molar-refractivity contribution in [1.82, 2.24) is 5.32 Å². The predicted molar refractivity (Wildman–Crippen MR) is 97.4 cm³/mol. The van der Waals surface area contributed by atoms with E-state index in [2.05, 4.69) is 17.6 Å². The maximum absolute atomic E-state index is 11.8. The molecular formula is C17H29BN2O4. The number of unbranched alkanes of at least 4 members (excludes halogenated alkanes) is 1. The van der Waals surface area contributed by atoms with E-state index < -0.39 is 18.3 Å². The summed E-state index contributed by atoms with van der Waals surface area (Å²) >= 11 is 0. The highest BCUT2D eigenvalue weighted by Crippen LogP contribution is 2.25. The standard InChI is InChI=1S/C17H29BN2O4/c1-6-7-11-19-15(21)20-14-10-8-9-13(12-14)18(23)24-17(4,5)16(2,3)22/h8-10,12,22-23H,6-7,11H2,1-5H3,(H2,19,20,21). The van der Waals surface area contributed by atoms with Gasteiger partial charge in [-0.25, -0.2) is 4.79 Å². The van der Waals surface area contributed by atoms with Gasteiger partial charge in [-0.15, -0.1) is 0 Å². The van der Waals surface area contributed by atoms with Crippen LogP contribution < -0.4 is 16.1 Å². The second kappa shape index (κ2) is 8.51. The van der Waals surface area contributed by atoms with Crippen molar-refractivity contribution < 1.29 is 19.6 Å². The minimum absolute atomic E-state index is 0.284. The molecule has 0 unspecified atom stereocenters. The number of carbonyl (C=O) groups excluding carboxylic acids is 1. The van der Waals surface area contributed by atoms with Crippen LogP contribution in [-0.2, 0) is 4.65 Å². The minimum Gasteiger partial charge on any atom is -0.423 e. The van der Waals surface area contributed by atoms with E-state index in [4.69, 9.17) is 4.65 Å². The van der Waals surface area contributed by atoms with E-state index in [1.165, 1.54) is 0 Å². The van der Waals surface area contributed by atoms with Gasteiger partial charge in [-0.3, -0.25) is 0 Å². The summed E-state index contributed by atoms with van der Waals surface area (Å²) in [6, 6.07) is 6.51. The topological polar surface area (TPSA) is 90.8 Å². The second-order valence-electron chi connectivity index (χ2n) is 6.90. The summed E-state index contributed by atoms with van der Waals surface area (Å²) in [5.41, 5.74) is -1.01. The predicted octanol–water partition coefficient (Wildman–Crippen LogP) is 1.86. The van der Waals surface area contributed by atoms with Gasteiger partial charge in [0.25, 0.3) is 0 Å². The number of carbonyl (C=O) groups is 1. The molecule has 7 heteroatoms. The number of urea groups is 1. The molecule has 0 aliphatic heterocycles. The third-order valence-corrected chi connectivity index (χ3v) is 4.13. The summed E-state index contributed by atoms with van der Waals surface area (Å²) in [6.07, 6.45) is 1.93. The Labute approximate surface area is 144 Å². The van der Waals surface area contributed by atoms with Crippen LogP contribution in [0.5, 0.6) is 0 Å². The van der Waals surface area contributed by atoms with E-state index in [1.807, 2.05) is 0 Å². The first-order valence-electron chi connectivity index (χ1n) is 8.30. The third-order valence-electron chi connectivity index (χ3n) is 4.13. The van der Waals surface area contributed by atoms with Crippen molar-refractivity contribution in [1.29, 1.82) is 0 Å². The quantitative estimate of drug-likeness (QED) is 0.431. The van der Waals surface area contributed by atoms with E-state index in [0.717, 1.165) is 12.8 Å². The SMILES string of the molecule is CCCCNC(=O)Nc1cccc(B(O)OC(C)(C)C(C)(C)O)c1. The molecule has 24 heavy (non-hydrogen) atoms. The van der Waals surface area contributed by atoms with E-state index in [9.17, 15) is 14.9 Å². The lowest BCUT2D eigenvalue weighted by molar-refractivity contribution is -0.0982. The van der Waals surface area contributed by atoms with Crippen LogP contribution in [0.4, 0.5) is 10.5 Å². The largest absolute Gasteiger partial charge is 0.491 e. The Balaban J connectivity index is 2.72. The van der Waals surface area contributed by atoms with Crippen LogP contribution in [0.25, 0.3) is 0 Å². The number of aliphatic hydroxyl groups is 1. The van der Waals surface area contributed by atoms with E-state index in [0.29, 0.717) is 17.7 Å². The summed E-state index contributed by atoms with van der Waals surface area (Å²) in [5.74, 6) is 0. The Morgan fingerprint density at radius 1 is 1.29 bits per heavy atom. The van der Waals surface area contributed by atoms with E-state index in [-0.39, 0.29) is 6.03 Å². The first kappa shape index (κ1) is 20.5. The molecule has 0 spiro atoms. The van der Waals surface area contributed by atoms with Gasteiger partial charge in [0.15, 0.2) is 0 Å². The van der Waals surface area contributed by atoms with Crippen LogP contribution in [0.3, 0.4) is 0 Å². The van der Waals surface area contributed by atoms with Gasteiger partial charge in [-0.1, -0.05) is 25.5 Å². The molecule has 0 fully saturated rings. The van der Waals surface area contributed by atoms with Gasteiger partial charge < -0.3 is 25.4 Å². The molecule has 0 saturated heterocycles. The first-order chi connectivity index (χ1) is 11.1. The summed E-state index contributed by atoms with van der Waals surface area (Å²) in [7, 11) is -1.21. The normalized spacial score (nSPS) is 12.0. The lowest BCUT2D eigenvalue weighted by atomic mass is 9.76. The van der Waals surface area contributed by atoms with Gasteiger partial charge in [0.1, 0.15) is 0 Å². The molecule has 0 atom stereocenters. The Morgan fingerprint density at radius 2 is 1.96 bits per heavy atom. The zero-order valence-corrected chi connectivity index (χ0v) is 15.2. The lowest BCUT2D eigenvalue weighted by Gasteiger charge is -2.38. The molecule has 0 aliphatic rings. The van der Waals surface area contributed by atoms with Crippen LogP contribution in [0.1, 0.15) is 47.5 Å². The molecule has 1 aromatic rings. The van der Waals surface area contributed by atoms with Crippen molar-refractivity contribution in [3.8, 4) is 0 Å². The number of amides is 2. The van der Waals surface area contributed by atoms with Gasteiger partial charge in [0, 0.05) is 12.2 Å². The average molecular weight is 336 g/mol. The molecule has 1 rings (SSSR count). The molecule has 0 bridgehead atoms. The zero-order valence-electron chi connectivity index (χ0n) is 15.2. The van der Waals surface area contributed by atoms with Crippen molar-refractivity contribution in [3.05, 3.63) is 24.3 Å². The number of rotatable bonds is 8. The highest BCUT2D eigenvalue weighted by atomic mass is 16.5. The fraction of sp³-hybridized carbons (Fsp3) is 0.588. The summed E-state index contributed by atoms with van der Waals surface area (Å²) in [6.45, 7) is 9.34. The maximum atomic E-state index is 11.8. The van der Waals surface area contributed by atoms with Crippen molar-refractivity contribution in [2.45, 2.75) is 58.7 Å². The summed E-state index contributed by atoms with van der Waals surface area (Å²) < 4.78 is 5.60. The monoisotopic (exact) mass is 336 g/mol. The molecule has 0 aromatic heterocycles. The minimum atomic E-state index is -1.21. The van der Waals surface area contributed by atoms with E-state index >= 15 is 0 Å².